The van der Waals surface area contributed by atoms with Crippen molar-refractivity contribution in [3.05, 3.63) is 104 Å². The summed E-state index contributed by atoms with van der Waals surface area (Å²) in [6, 6.07) is 20.0. The van der Waals surface area contributed by atoms with Crippen LogP contribution in [0.1, 0.15) is 42.4 Å². The summed E-state index contributed by atoms with van der Waals surface area (Å²) in [5.74, 6) is 0.520. The molecule has 206 valence electrons. The maximum atomic E-state index is 13.8. The summed E-state index contributed by atoms with van der Waals surface area (Å²) < 4.78 is 0. The Labute approximate surface area is 254 Å². The van der Waals surface area contributed by atoms with E-state index in [1.54, 1.807) is 23.1 Å². The molecule has 0 aromatic heterocycles. The molecule has 1 atom stereocenters. The lowest BCUT2D eigenvalue weighted by Crippen LogP contribution is -2.52. The van der Waals surface area contributed by atoms with Crippen molar-refractivity contribution in [3.63, 3.8) is 0 Å². The Hall–Kier alpha value is -1.89. The number of nitrogens with one attached hydrogen (secondary N) is 1. The van der Waals surface area contributed by atoms with Crippen molar-refractivity contribution in [2.75, 3.05) is 5.75 Å². The van der Waals surface area contributed by atoms with Crippen molar-refractivity contribution < 1.29 is 9.59 Å². The molecule has 9 heteroatoms. The zero-order chi connectivity index (χ0) is 27.8. The number of hydrogen-bond donors (Lipinski definition) is 1. The van der Waals surface area contributed by atoms with E-state index in [4.69, 9.17) is 46.4 Å². The molecule has 1 N–H and O–H groups in total. The number of thioether (sulfide) groups is 1. The second-order valence-electron chi connectivity index (χ2n) is 9.71. The maximum absolute atomic E-state index is 13.8. The van der Waals surface area contributed by atoms with Gasteiger partial charge in [-0.25, -0.2) is 0 Å². The van der Waals surface area contributed by atoms with Gasteiger partial charge in [-0.3, -0.25) is 9.59 Å². The van der Waals surface area contributed by atoms with Crippen molar-refractivity contribution in [3.8, 4) is 0 Å². The minimum absolute atomic E-state index is 0.131. The van der Waals surface area contributed by atoms with Gasteiger partial charge in [-0.05, 0) is 53.8 Å². The molecule has 0 heterocycles. The average Bonchev–Trinajstić information content (AvgIpc) is 3.43. The molecule has 0 unspecified atom stereocenters. The molecule has 0 spiro atoms. The predicted octanol–water partition coefficient (Wildman–Crippen LogP) is 8.23. The number of rotatable bonds is 11. The van der Waals surface area contributed by atoms with Crippen molar-refractivity contribution >= 4 is 70.0 Å². The second-order valence-corrected chi connectivity index (χ2v) is 12.3. The van der Waals surface area contributed by atoms with Crippen molar-refractivity contribution in [1.82, 2.24) is 10.2 Å². The summed E-state index contributed by atoms with van der Waals surface area (Å²) in [4.78, 5) is 29.2. The molecule has 3 aromatic rings. The van der Waals surface area contributed by atoms with Crippen molar-refractivity contribution in [2.45, 2.75) is 56.5 Å². The third-order valence-electron chi connectivity index (χ3n) is 6.79. The largest absolute Gasteiger partial charge is 0.352 e. The van der Waals surface area contributed by atoms with Gasteiger partial charge in [0.05, 0.1) is 25.8 Å². The summed E-state index contributed by atoms with van der Waals surface area (Å²) in [6.45, 7) is 0.235. The van der Waals surface area contributed by atoms with Crippen molar-refractivity contribution in [1.29, 1.82) is 0 Å². The Morgan fingerprint density at radius 1 is 0.821 bits per heavy atom. The average molecular weight is 624 g/mol. The van der Waals surface area contributed by atoms with Gasteiger partial charge in [0.2, 0.25) is 11.8 Å². The van der Waals surface area contributed by atoms with Crippen LogP contribution in [0.25, 0.3) is 0 Å². The van der Waals surface area contributed by atoms with Gasteiger partial charge in [-0.2, -0.15) is 0 Å². The fourth-order valence-corrected chi connectivity index (χ4v) is 6.22. The number of hydrogen-bond acceptors (Lipinski definition) is 3. The smallest absolute Gasteiger partial charge is 0.243 e. The minimum Gasteiger partial charge on any atom is -0.352 e. The highest BCUT2D eigenvalue weighted by molar-refractivity contribution is 7.99. The number of halogens is 4. The molecule has 4 nitrogen and oxygen atoms in total. The van der Waals surface area contributed by atoms with Crippen LogP contribution in [0.4, 0.5) is 0 Å². The van der Waals surface area contributed by atoms with Crippen LogP contribution in [0.15, 0.2) is 66.7 Å². The Kier molecular flexibility index (Phi) is 11.3. The molecule has 1 fully saturated rings. The molecule has 39 heavy (non-hydrogen) atoms. The second kappa shape index (κ2) is 14.7. The fraction of sp³-hybridized carbons (Fsp3) is 0.333. The number of carbonyl (C=O) groups is 2. The normalized spacial score (nSPS) is 14.3. The number of nitrogens with zero attached hydrogens (tertiary/aromatic N) is 1. The van der Waals surface area contributed by atoms with Gasteiger partial charge in [-0.15, -0.1) is 11.8 Å². The monoisotopic (exact) mass is 622 g/mol. The van der Waals surface area contributed by atoms with Crippen LogP contribution < -0.4 is 5.32 Å². The molecule has 1 saturated carbocycles. The van der Waals surface area contributed by atoms with Gasteiger partial charge in [0.1, 0.15) is 6.04 Å². The highest BCUT2D eigenvalue weighted by Crippen LogP contribution is 2.27. The highest BCUT2D eigenvalue weighted by Gasteiger charge is 2.32. The first-order valence-electron chi connectivity index (χ1n) is 12.9. The quantitative estimate of drug-likeness (QED) is 0.234. The van der Waals surface area contributed by atoms with Gasteiger partial charge in [0, 0.05) is 24.8 Å². The standard InChI is InChI=1S/C30H30Cl4N2O2S/c31-24-12-10-21(14-26(24)33)17-36(29(37)19-39-18-22-11-13-25(32)27(34)15-22)28(16-20-6-2-1-3-7-20)30(38)35-23-8-4-5-9-23/h1-3,6-7,10-15,23,28H,4-5,8-9,16-19H2,(H,35,38)/t28-/m1/s1. The van der Waals surface area contributed by atoms with Crippen LogP contribution >= 0.6 is 58.2 Å². The maximum Gasteiger partial charge on any atom is 0.243 e. The molecule has 0 saturated heterocycles. The Morgan fingerprint density at radius 3 is 2.08 bits per heavy atom. The minimum atomic E-state index is -0.680. The van der Waals surface area contributed by atoms with E-state index in [9.17, 15) is 9.59 Å². The van der Waals surface area contributed by atoms with E-state index in [2.05, 4.69) is 5.32 Å². The molecule has 0 bridgehead atoms. The van der Waals surface area contributed by atoms with E-state index < -0.39 is 6.04 Å². The lowest BCUT2D eigenvalue weighted by molar-refractivity contribution is -0.139. The third kappa shape index (κ3) is 8.80. The summed E-state index contributed by atoms with van der Waals surface area (Å²) in [5.41, 5.74) is 2.76. The molecule has 4 rings (SSSR count). The number of amides is 2. The third-order valence-corrected chi connectivity index (χ3v) is 9.25. The van der Waals surface area contributed by atoms with Crippen LogP contribution in [0.2, 0.25) is 20.1 Å². The Balaban J connectivity index is 1.58. The topological polar surface area (TPSA) is 49.4 Å². The number of carbonyl (C=O) groups excluding carboxylic acids is 2. The Bertz CT molecular complexity index is 1290. The molecule has 1 aliphatic rings. The van der Waals surface area contributed by atoms with Gasteiger partial charge >= 0.3 is 0 Å². The summed E-state index contributed by atoms with van der Waals surface area (Å²) in [5, 5.41) is 5.04. The predicted molar refractivity (Wildman–Crippen MR) is 164 cm³/mol. The zero-order valence-electron chi connectivity index (χ0n) is 21.3. The first-order chi connectivity index (χ1) is 18.8. The molecule has 1 aliphatic carbocycles. The van der Waals surface area contributed by atoms with Gasteiger partial charge < -0.3 is 10.2 Å². The summed E-state index contributed by atoms with van der Waals surface area (Å²) >= 11 is 26.1. The molecule has 0 aliphatic heterocycles. The molecule has 2 amide bonds. The van der Waals surface area contributed by atoms with Crippen LogP contribution in [0.3, 0.4) is 0 Å². The Morgan fingerprint density at radius 2 is 1.44 bits per heavy atom. The van der Waals surface area contributed by atoms with E-state index in [0.29, 0.717) is 32.3 Å². The van der Waals surface area contributed by atoms with Gasteiger partial charge in [-0.1, -0.05) is 102 Å². The molecular weight excluding hydrogens is 594 g/mol. The van der Waals surface area contributed by atoms with Crippen LogP contribution in [-0.2, 0) is 28.3 Å². The summed E-state index contributed by atoms with van der Waals surface area (Å²) in [6.07, 6.45) is 4.54. The van der Waals surface area contributed by atoms with Crippen LogP contribution in [0, 0.1) is 0 Å². The molecular formula is C30H30Cl4N2O2S. The van der Waals surface area contributed by atoms with E-state index in [-0.39, 0.29) is 30.2 Å². The van der Waals surface area contributed by atoms with E-state index >= 15 is 0 Å². The van der Waals surface area contributed by atoms with Crippen LogP contribution in [0.5, 0.6) is 0 Å². The lowest BCUT2D eigenvalue weighted by atomic mass is 10.0. The SMILES string of the molecule is O=C(NC1CCCC1)[C@@H](Cc1ccccc1)N(Cc1ccc(Cl)c(Cl)c1)C(=O)CSCc1ccc(Cl)c(Cl)c1. The van der Waals surface area contributed by atoms with E-state index in [1.807, 2.05) is 48.5 Å². The number of benzene rings is 3. The summed E-state index contributed by atoms with van der Waals surface area (Å²) in [7, 11) is 0. The molecule has 3 aromatic carbocycles. The van der Waals surface area contributed by atoms with Crippen molar-refractivity contribution in [2.24, 2.45) is 0 Å². The zero-order valence-corrected chi connectivity index (χ0v) is 25.2. The van der Waals surface area contributed by atoms with E-state index in [0.717, 1.165) is 42.4 Å². The van der Waals surface area contributed by atoms with E-state index in [1.165, 1.54) is 11.8 Å². The highest BCUT2D eigenvalue weighted by atomic mass is 35.5. The first-order valence-corrected chi connectivity index (χ1v) is 15.6. The lowest BCUT2D eigenvalue weighted by Gasteiger charge is -2.32. The fourth-order valence-electron chi connectivity index (χ4n) is 4.72. The van der Waals surface area contributed by atoms with Crippen LogP contribution in [-0.4, -0.2) is 34.6 Å². The first kappa shape index (κ1) is 30.1. The molecule has 0 radical (unpaired) electrons. The van der Waals surface area contributed by atoms with Gasteiger partial charge in [0.15, 0.2) is 0 Å². The van der Waals surface area contributed by atoms with Gasteiger partial charge in [0.25, 0.3) is 0 Å².